The molecule has 3 rings (SSSR count). The van der Waals surface area contributed by atoms with E-state index >= 15 is 0 Å². The monoisotopic (exact) mass is 423 g/mol. The number of amides is 3. The van der Waals surface area contributed by atoms with E-state index in [0.29, 0.717) is 5.69 Å². The van der Waals surface area contributed by atoms with Crippen molar-refractivity contribution < 1.29 is 23.5 Å². The first-order chi connectivity index (χ1) is 14.8. The van der Waals surface area contributed by atoms with E-state index in [0.717, 1.165) is 28.5 Å². The Morgan fingerprint density at radius 3 is 2.32 bits per heavy atom. The molecule has 0 unspecified atom stereocenters. The number of benzene rings is 2. The van der Waals surface area contributed by atoms with Crippen molar-refractivity contribution in [2.45, 2.75) is 13.8 Å². The van der Waals surface area contributed by atoms with E-state index < -0.39 is 17.8 Å². The molecule has 0 aliphatic carbocycles. The van der Waals surface area contributed by atoms with Gasteiger partial charge in [0.25, 0.3) is 5.91 Å². The highest BCUT2D eigenvalue weighted by Gasteiger charge is 2.20. The molecule has 0 aliphatic heterocycles. The topological polar surface area (TPSA) is 89.6 Å². The number of urea groups is 1. The third-order valence-electron chi connectivity index (χ3n) is 4.67. The smallest absolute Gasteiger partial charge is 0.327 e. The first kappa shape index (κ1) is 21.8. The number of ether oxygens (including phenoxy) is 2. The van der Waals surface area contributed by atoms with E-state index in [9.17, 15) is 14.0 Å². The first-order valence-electron chi connectivity index (χ1n) is 9.41. The standard InChI is InChI=1S/C23H22FN3O4/c1-13-12-19(25-14(2)20(13)15-8-10-16(30-3)11-9-15)26-23(29)27-22(28)21-17(24)6-5-7-18(21)31-4/h5-12H,1-4H3,(H2,25,26,27,28,29). The Balaban J connectivity index is 1.77. The molecule has 7 nitrogen and oxygen atoms in total. The third kappa shape index (κ3) is 4.80. The number of nitrogens with one attached hydrogen (secondary N) is 2. The number of halogens is 1. The van der Waals surface area contributed by atoms with Gasteiger partial charge in [0.15, 0.2) is 0 Å². The lowest BCUT2D eigenvalue weighted by atomic mass is 9.99. The molecule has 31 heavy (non-hydrogen) atoms. The number of carbonyl (C=O) groups is 2. The van der Waals surface area contributed by atoms with E-state index in [-0.39, 0.29) is 17.1 Å². The molecule has 160 valence electrons. The summed E-state index contributed by atoms with van der Waals surface area (Å²) in [7, 11) is 2.91. The summed E-state index contributed by atoms with van der Waals surface area (Å²) in [5.41, 5.74) is 3.12. The summed E-state index contributed by atoms with van der Waals surface area (Å²) < 4.78 is 24.2. The van der Waals surface area contributed by atoms with Crippen LogP contribution in [0.4, 0.5) is 15.0 Å². The van der Waals surface area contributed by atoms with Gasteiger partial charge < -0.3 is 9.47 Å². The summed E-state index contributed by atoms with van der Waals surface area (Å²) in [5, 5.41) is 4.61. The van der Waals surface area contributed by atoms with Crippen LogP contribution in [0.25, 0.3) is 11.1 Å². The molecule has 0 spiro atoms. The Morgan fingerprint density at radius 2 is 1.71 bits per heavy atom. The highest BCUT2D eigenvalue weighted by atomic mass is 19.1. The molecule has 0 atom stereocenters. The highest BCUT2D eigenvalue weighted by molar-refractivity contribution is 6.09. The van der Waals surface area contributed by atoms with Crippen molar-refractivity contribution in [1.29, 1.82) is 0 Å². The quantitative estimate of drug-likeness (QED) is 0.631. The van der Waals surface area contributed by atoms with Crippen molar-refractivity contribution in [1.82, 2.24) is 10.3 Å². The normalized spacial score (nSPS) is 10.4. The number of aromatic nitrogens is 1. The van der Waals surface area contributed by atoms with Crippen molar-refractivity contribution in [2.75, 3.05) is 19.5 Å². The van der Waals surface area contributed by atoms with Gasteiger partial charge in [-0.3, -0.25) is 15.4 Å². The maximum Gasteiger partial charge on any atom is 0.327 e. The Kier molecular flexibility index (Phi) is 6.49. The molecule has 0 fully saturated rings. The average Bonchev–Trinajstić information content (AvgIpc) is 2.73. The number of nitrogens with zero attached hydrogens (tertiary/aromatic N) is 1. The van der Waals surface area contributed by atoms with Crippen LogP contribution in [-0.2, 0) is 0 Å². The van der Waals surface area contributed by atoms with Gasteiger partial charge in [-0.1, -0.05) is 18.2 Å². The number of methoxy groups -OCH3 is 2. The van der Waals surface area contributed by atoms with Crippen LogP contribution in [0.2, 0.25) is 0 Å². The summed E-state index contributed by atoms with van der Waals surface area (Å²) in [6.07, 6.45) is 0. The largest absolute Gasteiger partial charge is 0.497 e. The van der Waals surface area contributed by atoms with Gasteiger partial charge in [0.1, 0.15) is 28.7 Å². The van der Waals surface area contributed by atoms with Gasteiger partial charge in [-0.05, 0) is 55.3 Å². The third-order valence-corrected chi connectivity index (χ3v) is 4.67. The van der Waals surface area contributed by atoms with E-state index in [1.165, 1.54) is 19.2 Å². The minimum Gasteiger partial charge on any atom is -0.497 e. The molecule has 0 bridgehead atoms. The number of aryl methyl sites for hydroxylation is 2. The fraction of sp³-hybridized carbons (Fsp3) is 0.174. The first-order valence-corrected chi connectivity index (χ1v) is 9.41. The number of pyridine rings is 1. The Morgan fingerprint density at radius 1 is 1.00 bits per heavy atom. The molecule has 1 aromatic heterocycles. The maximum absolute atomic E-state index is 14.0. The summed E-state index contributed by atoms with van der Waals surface area (Å²) in [4.78, 5) is 29.1. The molecule has 2 aromatic carbocycles. The predicted molar refractivity (Wildman–Crippen MR) is 115 cm³/mol. The fourth-order valence-electron chi connectivity index (χ4n) is 3.30. The number of carbonyl (C=O) groups excluding carboxylic acids is 2. The van der Waals surface area contributed by atoms with Crippen LogP contribution in [0.5, 0.6) is 11.5 Å². The predicted octanol–water partition coefficient (Wildman–Crippen LogP) is 4.48. The van der Waals surface area contributed by atoms with Crippen LogP contribution in [-0.4, -0.2) is 31.1 Å². The minimum atomic E-state index is -0.921. The molecule has 1 heterocycles. The van der Waals surface area contributed by atoms with E-state index in [4.69, 9.17) is 9.47 Å². The van der Waals surface area contributed by atoms with Gasteiger partial charge in [0.2, 0.25) is 0 Å². The molecule has 2 N–H and O–H groups in total. The molecule has 3 amide bonds. The van der Waals surface area contributed by atoms with Crippen molar-refractivity contribution >= 4 is 17.8 Å². The Bertz CT molecular complexity index is 1110. The average molecular weight is 423 g/mol. The number of anilines is 1. The van der Waals surface area contributed by atoms with Gasteiger partial charge in [-0.25, -0.2) is 14.2 Å². The fourth-order valence-corrected chi connectivity index (χ4v) is 3.30. The van der Waals surface area contributed by atoms with Gasteiger partial charge in [-0.15, -0.1) is 0 Å². The second-order valence-electron chi connectivity index (χ2n) is 6.74. The SMILES string of the molecule is COc1ccc(-c2c(C)cc(NC(=O)NC(=O)c3c(F)cccc3OC)nc2C)cc1. The number of rotatable bonds is 5. The molecule has 0 saturated carbocycles. The van der Waals surface area contributed by atoms with Gasteiger partial charge in [0, 0.05) is 11.3 Å². The van der Waals surface area contributed by atoms with Gasteiger partial charge in [0.05, 0.1) is 14.2 Å². The second kappa shape index (κ2) is 9.25. The number of hydrogen-bond acceptors (Lipinski definition) is 5. The Labute approximate surface area is 179 Å². The summed E-state index contributed by atoms with van der Waals surface area (Å²) in [6.45, 7) is 3.72. The van der Waals surface area contributed by atoms with Crippen LogP contribution in [0.1, 0.15) is 21.6 Å². The van der Waals surface area contributed by atoms with Crippen LogP contribution in [0.15, 0.2) is 48.5 Å². The molecule has 8 heteroatoms. The van der Waals surface area contributed by atoms with E-state index in [2.05, 4.69) is 15.6 Å². The summed E-state index contributed by atoms with van der Waals surface area (Å²) >= 11 is 0. The maximum atomic E-state index is 14.0. The van der Waals surface area contributed by atoms with Gasteiger partial charge >= 0.3 is 6.03 Å². The molecule has 0 saturated heterocycles. The summed E-state index contributed by atoms with van der Waals surface area (Å²) in [6, 6.07) is 12.4. The van der Waals surface area contributed by atoms with Gasteiger partial charge in [-0.2, -0.15) is 0 Å². The zero-order valence-electron chi connectivity index (χ0n) is 17.6. The lowest BCUT2D eigenvalue weighted by Gasteiger charge is -2.14. The molecule has 3 aromatic rings. The van der Waals surface area contributed by atoms with Crippen LogP contribution in [0, 0.1) is 19.7 Å². The molecular formula is C23H22FN3O4. The van der Waals surface area contributed by atoms with Crippen molar-refractivity contribution in [3.05, 3.63) is 71.2 Å². The molecular weight excluding hydrogens is 401 g/mol. The lowest BCUT2D eigenvalue weighted by Crippen LogP contribution is -2.35. The minimum absolute atomic E-state index is 0.0268. The highest BCUT2D eigenvalue weighted by Crippen LogP contribution is 2.29. The second-order valence-corrected chi connectivity index (χ2v) is 6.74. The Hall–Kier alpha value is -3.94. The van der Waals surface area contributed by atoms with Crippen molar-refractivity contribution in [3.8, 4) is 22.6 Å². The van der Waals surface area contributed by atoms with E-state index in [1.54, 1.807) is 13.2 Å². The zero-order chi connectivity index (χ0) is 22.5. The van der Waals surface area contributed by atoms with Crippen molar-refractivity contribution in [2.24, 2.45) is 0 Å². The summed E-state index contributed by atoms with van der Waals surface area (Å²) in [5.74, 6) is -0.677. The van der Waals surface area contributed by atoms with Crippen LogP contribution in [0.3, 0.4) is 0 Å². The van der Waals surface area contributed by atoms with Crippen LogP contribution >= 0.6 is 0 Å². The van der Waals surface area contributed by atoms with Crippen molar-refractivity contribution in [3.63, 3.8) is 0 Å². The molecule has 0 radical (unpaired) electrons. The number of imide groups is 1. The van der Waals surface area contributed by atoms with Crippen LogP contribution < -0.4 is 20.1 Å². The van der Waals surface area contributed by atoms with E-state index in [1.807, 2.05) is 38.1 Å². The lowest BCUT2D eigenvalue weighted by molar-refractivity contribution is 0.0960. The zero-order valence-corrected chi connectivity index (χ0v) is 17.6. The number of hydrogen-bond donors (Lipinski definition) is 2. The molecule has 0 aliphatic rings.